The maximum absolute atomic E-state index is 12.1. The van der Waals surface area contributed by atoms with Crippen LogP contribution in [-0.2, 0) is 10.2 Å². The summed E-state index contributed by atoms with van der Waals surface area (Å²) < 4.78 is 5.76. The number of ether oxygens (including phenoxy) is 1. The minimum atomic E-state index is 0.0104. The van der Waals surface area contributed by atoms with Gasteiger partial charge in [-0.25, -0.2) is 0 Å². The summed E-state index contributed by atoms with van der Waals surface area (Å²) in [5.41, 5.74) is 3.42. The lowest BCUT2D eigenvalue weighted by atomic mass is 9.82. The first-order chi connectivity index (χ1) is 12.8. The number of hydrogen-bond acceptors (Lipinski definition) is 3. The van der Waals surface area contributed by atoms with Gasteiger partial charge < -0.3 is 15.0 Å². The van der Waals surface area contributed by atoms with Crippen molar-refractivity contribution in [2.45, 2.75) is 45.4 Å². The zero-order valence-electron chi connectivity index (χ0n) is 17.2. The SMILES string of the molecule is CCC(C)(C)c1ccc(OCCCC(=O)Nc2ccc(N(C)C)cc2)cc1. The Balaban J connectivity index is 1.72. The predicted molar refractivity (Wildman–Crippen MR) is 114 cm³/mol. The summed E-state index contributed by atoms with van der Waals surface area (Å²) in [5, 5.41) is 2.92. The summed E-state index contributed by atoms with van der Waals surface area (Å²) in [7, 11) is 3.98. The van der Waals surface area contributed by atoms with Crippen molar-refractivity contribution in [1.82, 2.24) is 0 Å². The second kappa shape index (κ2) is 9.45. The molecule has 4 nitrogen and oxygen atoms in total. The largest absolute Gasteiger partial charge is 0.494 e. The summed E-state index contributed by atoms with van der Waals surface area (Å²) in [6.07, 6.45) is 2.22. The molecule has 0 unspecified atom stereocenters. The Kier molecular flexibility index (Phi) is 7.28. The molecule has 0 atom stereocenters. The lowest BCUT2D eigenvalue weighted by Gasteiger charge is -2.23. The molecule has 0 aliphatic carbocycles. The normalized spacial score (nSPS) is 11.1. The van der Waals surface area contributed by atoms with E-state index in [0.717, 1.165) is 23.5 Å². The first kappa shape index (κ1) is 20.8. The molecule has 2 rings (SSSR count). The van der Waals surface area contributed by atoms with Crippen LogP contribution in [0.15, 0.2) is 48.5 Å². The molecule has 2 aromatic rings. The van der Waals surface area contributed by atoms with Crippen molar-refractivity contribution in [3.05, 3.63) is 54.1 Å². The highest BCUT2D eigenvalue weighted by Gasteiger charge is 2.17. The third-order valence-electron chi connectivity index (χ3n) is 5.00. The number of benzene rings is 2. The minimum absolute atomic E-state index is 0.0104. The molecular formula is C23H32N2O2. The highest BCUT2D eigenvalue weighted by Crippen LogP contribution is 2.28. The van der Waals surface area contributed by atoms with Crippen LogP contribution < -0.4 is 15.0 Å². The second-order valence-corrected chi connectivity index (χ2v) is 7.70. The molecule has 2 aromatic carbocycles. The Morgan fingerprint density at radius 1 is 1.04 bits per heavy atom. The van der Waals surface area contributed by atoms with E-state index in [1.54, 1.807) is 0 Å². The fraction of sp³-hybridized carbons (Fsp3) is 0.435. The maximum atomic E-state index is 12.1. The molecule has 0 fully saturated rings. The van der Waals surface area contributed by atoms with Crippen LogP contribution >= 0.6 is 0 Å². The van der Waals surface area contributed by atoms with Gasteiger partial charge in [-0.15, -0.1) is 0 Å². The van der Waals surface area contributed by atoms with Gasteiger partial charge in [0.25, 0.3) is 0 Å². The van der Waals surface area contributed by atoms with Crippen LogP contribution in [-0.4, -0.2) is 26.6 Å². The number of carbonyl (C=O) groups excluding carboxylic acids is 1. The number of hydrogen-bond donors (Lipinski definition) is 1. The molecule has 1 N–H and O–H groups in total. The quantitative estimate of drug-likeness (QED) is 0.616. The molecule has 0 heterocycles. The van der Waals surface area contributed by atoms with E-state index in [4.69, 9.17) is 4.74 Å². The molecule has 0 radical (unpaired) electrons. The van der Waals surface area contributed by atoms with Gasteiger partial charge in [0, 0.05) is 31.9 Å². The standard InChI is InChI=1S/C23H32N2O2/c1-6-23(2,3)18-9-15-21(16-10-18)27-17-7-8-22(26)24-19-11-13-20(14-12-19)25(4)5/h9-16H,6-8,17H2,1-5H3,(H,24,26). The maximum Gasteiger partial charge on any atom is 0.224 e. The third-order valence-corrected chi connectivity index (χ3v) is 5.00. The van der Waals surface area contributed by atoms with E-state index in [1.165, 1.54) is 5.56 Å². The van der Waals surface area contributed by atoms with E-state index in [0.29, 0.717) is 19.4 Å². The topological polar surface area (TPSA) is 41.6 Å². The van der Waals surface area contributed by atoms with E-state index in [9.17, 15) is 4.79 Å². The lowest BCUT2D eigenvalue weighted by Crippen LogP contribution is -2.15. The highest BCUT2D eigenvalue weighted by molar-refractivity contribution is 5.90. The van der Waals surface area contributed by atoms with Crippen LogP contribution in [0.1, 0.15) is 45.6 Å². The van der Waals surface area contributed by atoms with E-state index in [-0.39, 0.29) is 11.3 Å². The smallest absolute Gasteiger partial charge is 0.224 e. The molecule has 1 amide bonds. The van der Waals surface area contributed by atoms with E-state index in [2.05, 4.69) is 38.2 Å². The summed E-state index contributed by atoms with van der Waals surface area (Å²) in [4.78, 5) is 14.1. The Morgan fingerprint density at radius 3 is 2.22 bits per heavy atom. The van der Waals surface area contributed by atoms with Gasteiger partial charge in [-0.1, -0.05) is 32.9 Å². The number of nitrogens with zero attached hydrogens (tertiary/aromatic N) is 1. The molecular weight excluding hydrogens is 336 g/mol. The number of nitrogens with one attached hydrogen (secondary N) is 1. The molecule has 0 saturated carbocycles. The van der Waals surface area contributed by atoms with Crippen LogP contribution in [0, 0.1) is 0 Å². The first-order valence-corrected chi connectivity index (χ1v) is 9.62. The molecule has 4 heteroatoms. The molecule has 0 aliphatic heterocycles. The van der Waals surface area contributed by atoms with Crippen LogP contribution in [0.25, 0.3) is 0 Å². The van der Waals surface area contributed by atoms with Crippen molar-refractivity contribution in [3.63, 3.8) is 0 Å². The Bertz CT molecular complexity index is 719. The summed E-state index contributed by atoms with van der Waals surface area (Å²) >= 11 is 0. The van der Waals surface area contributed by atoms with Gasteiger partial charge in [0.15, 0.2) is 0 Å². The fourth-order valence-electron chi connectivity index (χ4n) is 2.70. The molecule has 0 aromatic heterocycles. The summed E-state index contributed by atoms with van der Waals surface area (Å²) in [6.45, 7) is 7.22. The first-order valence-electron chi connectivity index (χ1n) is 9.62. The van der Waals surface area contributed by atoms with Crippen LogP contribution in [0.3, 0.4) is 0 Å². The van der Waals surface area contributed by atoms with E-state index >= 15 is 0 Å². The molecule has 0 spiro atoms. The van der Waals surface area contributed by atoms with Crippen LogP contribution in [0.5, 0.6) is 5.75 Å². The van der Waals surface area contributed by atoms with Gasteiger partial charge in [-0.05, 0) is 60.2 Å². The molecule has 0 saturated heterocycles. The molecule has 0 bridgehead atoms. The van der Waals surface area contributed by atoms with Crippen LogP contribution in [0.4, 0.5) is 11.4 Å². The number of anilines is 2. The van der Waals surface area contributed by atoms with Gasteiger partial charge in [0.2, 0.25) is 5.91 Å². The molecule has 27 heavy (non-hydrogen) atoms. The summed E-state index contributed by atoms with van der Waals surface area (Å²) in [6, 6.07) is 16.1. The lowest BCUT2D eigenvalue weighted by molar-refractivity contribution is -0.116. The van der Waals surface area contributed by atoms with Crippen molar-refractivity contribution >= 4 is 17.3 Å². The predicted octanol–water partition coefficient (Wildman–Crippen LogP) is 5.24. The average Bonchev–Trinajstić information content (AvgIpc) is 2.66. The van der Waals surface area contributed by atoms with Crippen molar-refractivity contribution in [3.8, 4) is 5.75 Å². The van der Waals surface area contributed by atoms with Gasteiger partial charge in [0.05, 0.1) is 6.61 Å². The second-order valence-electron chi connectivity index (χ2n) is 7.70. The van der Waals surface area contributed by atoms with E-state index in [1.807, 2.05) is 55.4 Å². The van der Waals surface area contributed by atoms with Crippen molar-refractivity contribution in [1.29, 1.82) is 0 Å². The third kappa shape index (κ3) is 6.31. The number of rotatable bonds is 9. The molecule has 0 aliphatic rings. The average molecular weight is 369 g/mol. The highest BCUT2D eigenvalue weighted by atomic mass is 16.5. The molecule has 146 valence electrons. The van der Waals surface area contributed by atoms with Crippen molar-refractivity contribution in [2.75, 3.05) is 30.9 Å². The number of carbonyl (C=O) groups is 1. The van der Waals surface area contributed by atoms with Gasteiger partial charge in [0.1, 0.15) is 5.75 Å². The van der Waals surface area contributed by atoms with Gasteiger partial charge in [-0.3, -0.25) is 4.79 Å². The fourth-order valence-corrected chi connectivity index (χ4v) is 2.70. The Labute approximate surface area is 163 Å². The van der Waals surface area contributed by atoms with Gasteiger partial charge >= 0.3 is 0 Å². The minimum Gasteiger partial charge on any atom is -0.494 e. The van der Waals surface area contributed by atoms with Gasteiger partial charge in [-0.2, -0.15) is 0 Å². The Morgan fingerprint density at radius 2 is 1.67 bits per heavy atom. The van der Waals surface area contributed by atoms with Crippen molar-refractivity contribution in [2.24, 2.45) is 0 Å². The van der Waals surface area contributed by atoms with Crippen LogP contribution in [0.2, 0.25) is 0 Å². The monoisotopic (exact) mass is 368 g/mol. The van der Waals surface area contributed by atoms with E-state index < -0.39 is 0 Å². The summed E-state index contributed by atoms with van der Waals surface area (Å²) in [5.74, 6) is 0.863. The van der Waals surface area contributed by atoms with Crippen molar-refractivity contribution < 1.29 is 9.53 Å². The number of amides is 1. The zero-order valence-corrected chi connectivity index (χ0v) is 17.2. The Hall–Kier alpha value is -2.49. The zero-order chi connectivity index (χ0) is 19.9.